The number of halogens is 1. The molecule has 0 spiro atoms. The quantitative estimate of drug-likeness (QED) is 0.803. The number of anilines is 1. The van der Waals surface area contributed by atoms with Gasteiger partial charge in [0.1, 0.15) is 0 Å². The molecule has 0 aliphatic carbocycles. The molecule has 1 aliphatic heterocycles. The summed E-state index contributed by atoms with van der Waals surface area (Å²) in [6, 6.07) is 5.20. The van der Waals surface area contributed by atoms with Gasteiger partial charge in [0.25, 0.3) is 5.91 Å². The molecular formula is C13H18ClN3O. The number of benzene rings is 1. The highest BCUT2D eigenvalue weighted by molar-refractivity contribution is 6.34. The van der Waals surface area contributed by atoms with Crippen LogP contribution >= 0.6 is 11.6 Å². The smallest absolute Gasteiger partial charge is 0.253 e. The Labute approximate surface area is 112 Å². The van der Waals surface area contributed by atoms with Crippen molar-refractivity contribution in [1.82, 2.24) is 10.2 Å². The van der Waals surface area contributed by atoms with E-state index in [1.54, 1.807) is 18.2 Å². The number of rotatable bonds is 2. The number of nitrogens with one attached hydrogen (secondary N) is 1. The number of amides is 1. The van der Waals surface area contributed by atoms with Crippen LogP contribution in [-0.2, 0) is 0 Å². The first-order valence-electron chi connectivity index (χ1n) is 6.10. The molecule has 0 saturated carbocycles. The zero-order valence-corrected chi connectivity index (χ0v) is 11.2. The molecule has 0 radical (unpaired) electrons. The number of piperidine rings is 1. The Kier molecular flexibility index (Phi) is 4.09. The number of nitrogens with zero attached hydrogens (tertiary/aromatic N) is 1. The van der Waals surface area contributed by atoms with E-state index >= 15 is 0 Å². The minimum Gasteiger partial charge on any atom is -0.399 e. The molecule has 3 N–H and O–H groups in total. The highest BCUT2D eigenvalue weighted by Crippen LogP contribution is 2.19. The Balaban J connectivity index is 1.99. The second kappa shape index (κ2) is 5.59. The molecule has 1 aromatic rings. The van der Waals surface area contributed by atoms with Crippen molar-refractivity contribution in [1.29, 1.82) is 0 Å². The SMILES string of the molecule is CN1CCC(NC(=O)c2ccc(N)cc2Cl)CC1. The van der Waals surface area contributed by atoms with Crippen LogP contribution in [-0.4, -0.2) is 37.0 Å². The van der Waals surface area contributed by atoms with Crippen LogP contribution in [0.2, 0.25) is 5.02 Å². The number of hydrogen-bond acceptors (Lipinski definition) is 3. The minimum atomic E-state index is -0.116. The van der Waals surface area contributed by atoms with Crippen LogP contribution in [0.1, 0.15) is 23.2 Å². The normalized spacial score (nSPS) is 17.7. The summed E-state index contributed by atoms with van der Waals surface area (Å²) in [5.74, 6) is -0.116. The topological polar surface area (TPSA) is 58.4 Å². The molecule has 1 fully saturated rings. The maximum absolute atomic E-state index is 12.1. The lowest BCUT2D eigenvalue weighted by molar-refractivity contribution is 0.0917. The van der Waals surface area contributed by atoms with Crippen molar-refractivity contribution in [3.8, 4) is 0 Å². The van der Waals surface area contributed by atoms with E-state index in [0.717, 1.165) is 25.9 Å². The van der Waals surface area contributed by atoms with Crippen molar-refractivity contribution in [2.45, 2.75) is 18.9 Å². The van der Waals surface area contributed by atoms with E-state index in [0.29, 0.717) is 16.3 Å². The zero-order chi connectivity index (χ0) is 13.1. The Morgan fingerprint density at radius 2 is 2.11 bits per heavy atom. The summed E-state index contributed by atoms with van der Waals surface area (Å²) in [7, 11) is 2.09. The molecule has 98 valence electrons. The highest BCUT2D eigenvalue weighted by atomic mass is 35.5. The van der Waals surface area contributed by atoms with E-state index in [1.807, 2.05) is 0 Å². The molecule has 1 amide bonds. The lowest BCUT2D eigenvalue weighted by atomic mass is 10.0. The molecule has 2 rings (SSSR count). The molecule has 0 atom stereocenters. The lowest BCUT2D eigenvalue weighted by Crippen LogP contribution is -2.43. The lowest BCUT2D eigenvalue weighted by Gasteiger charge is -2.29. The molecule has 0 bridgehead atoms. The van der Waals surface area contributed by atoms with Crippen molar-refractivity contribution >= 4 is 23.2 Å². The minimum absolute atomic E-state index is 0.116. The third-order valence-corrected chi connectivity index (χ3v) is 3.60. The molecule has 18 heavy (non-hydrogen) atoms. The van der Waals surface area contributed by atoms with Gasteiger partial charge in [-0.15, -0.1) is 0 Å². The van der Waals surface area contributed by atoms with Crippen LogP contribution in [0.3, 0.4) is 0 Å². The van der Waals surface area contributed by atoms with Crippen molar-refractivity contribution < 1.29 is 4.79 Å². The predicted octanol–water partition coefficient (Wildman–Crippen LogP) is 1.75. The Morgan fingerprint density at radius 1 is 1.44 bits per heavy atom. The molecule has 5 heteroatoms. The monoisotopic (exact) mass is 267 g/mol. The van der Waals surface area contributed by atoms with E-state index in [4.69, 9.17) is 17.3 Å². The van der Waals surface area contributed by atoms with E-state index in [-0.39, 0.29) is 11.9 Å². The Bertz CT molecular complexity index is 442. The van der Waals surface area contributed by atoms with E-state index in [1.165, 1.54) is 0 Å². The van der Waals surface area contributed by atoms with Gasteiger partial charge in [-0.25, -0.2) is 0 Å². The summed E-state index contributed by atoms with van der Waals surface area (Å²) >= 11 is 6.02. The Morgan fingerprint density at radius 3 is 2.72 bits per heavy atom. The average Bonchev–Trinajstić information content (AvgIpc) is 2.32. The number of carbonyl (C=O) groups excluding carboxylic acids is 1. The summed E-state index contributed by atoms with van der Waals surface area (Å²) in [6.07, 6.45) is 1.96. The molecule has 0 unspecified atom stereocenters. The fraction of sp³-hybridized carbons (Fsp3) is 0.462. The van der Waals surface area contributed by atoms with Crippen molar-refractivity contribution in [3.05, 3.63) is 28.8 Å². The summed E-state index contributed by atoms with van der Waals surface area (Å²) in [5, 5.41) is 3.43. The van der Waals surface area contributed by atoms with Gasteiger partial charge >= 0.3 is 0 Å². The summed E-state index contributed by atoms with van der Waals surface area (Å²) in [4.78, 5) is 14.3. The number of nitrogen functional groups attached to an aromatic ring is 1. The van der Waals surface area contributed by atoms with Gasteiger partial charge < -0.3 is 16.0 Å². The standard InChI is InChI=1S/C13H18ClN3O/c1-17-6-4-10(5-7-17)16-13(18)11-3-2-9(15)8-12(11)14/h2-3,8,10H,4-7,15H2,1H3,(H,16,18). The van der Waals surface area contributed by atoms with E-state index < -0.39 is 0 Å². The maximum atomic E-state index is 12.1. The second-order valence-corrected chi connectivity index (χ2v) is 5.20. The van der Waals surface area contributed by atoms with Gasteiger partial charge in [-0.3, -0.25) is 4.79 Å². The summed E-state index contributed by atoms with van der Waals surface area (Å²) < 4.78 is 0. The van der Waals surface area contributed by atoms with Crippen LogP contribution in [0.5, 0.6) is 0 Å². The average molecular weight is 268 g/mol. The molecule has 1 aliphatic rings. The van der Waals surface area contributed by atoms with Gasteiger partial charge in [-0.2, -0.15) is 0 Å². The third-order valence-electron chi connectivity index (χ3n) is 3.29. The predicted molar refractivity (Wildman–Crippen MR) is 73.8 cm³/mol. The molecule has 4 nitrogen and oxygen atoms in total. The summed E-state index contributed by atoms with van der Waals surface area (Å²) in [6.45, 7) is 2.03. The number of carbonyl (C=O) groups is 1. The van der Waals surface area contributed by atoms with Crippen LogP contribution < -0.4 is 11.1 Å². The van der Waals surface area contributed by atoms with Gasteiger partial charge in [-0.1, -0.05) is 11.6 Å². The van der Waals surface area contributed by atoms with Crippen LogP contribution in [0.4, 0.5) is 5.69 Å². The van der Waals surface area contributed by atoms with Crippen molar-refractivity contribution in [3.63, 3.8) is 0 Å². The Hall–Kier alpha value is -1.26. The first kappa shape index (κ1) is 13.2. The third kappa shape index (κ3) is 3.15. The molecule has 1 saturated heterocycles. The summed E-state index contributed by atoms with van der Waals surface area (Å²) in [5.41, 5.74) is 6.66. The molecular weight excluding hydrogens is 250 g/mol. The zero-order valence-electron chi connectivity index (χ0n) is 10.4. The van der Waals surface area contributed by atoms with E-state index in [9.17, 15) is 4.79 Å². The van der Waals surface area contributed by atoms with Gasteiger partial charge in [0.05, 0.1) is 10.6 Å². The van der Waals surface area contributed by atoms with Gasteiger partial charge in [0.2, 0.25) is 0 Å². The highest BCUT2D eigenvalue weighted by Gasteiger charge is 2.20. The largest absolute Gasteiger partial charge is 0.399 e. The van der Waals surface area contributed by atoms with Crippen LogP contribution in [0.15, 0.2) is 18.2 Å². The first-order chi connectivity index (χ1) is 8.56. The first-order valence-corrected chi connectivity index (χ1v) is 6.48. The molecule has 1 aromatic carbocycles. The number of nitrogens with two attached hydrogens (primary N) is 1. The second-order valence-electron chi connectivity index (χ2n) is 4.79. The van der Waals surface area contributed by atoms with Gasteiger partial charge in [0.15, 0.2) is 0 Å². The van der Waals surface area contributed by atoms with Crippen molar-refractivity contribution in [2.24, 2.45) is 0 Å². The van der Waals surface area contributed by atoms with Crippen molar-refractivity contribution in [2.75, 3.05) is 25.9 Å². The number of likely N-dealkylation sites (tertiary alicyclic amines) is 1. The fourth-order valence-electron chi connectivity index (χ4n) is 2.13. The van der Waals surface area contributed by atoms with Crippen LogP contribution in [0.25, 0.3) is 0 Å². The molecule has 1 heterocycles. The fourth-order valence-corrected chi connectivity index (χ4v) is 2.41. The van der Waals surface area contributed by atoms with E-state index in [2.05, 4.69) is 17.3 Å². The van der Waals surface area contributed by atoms with Gasteiger partial charge in [-0.05, 0) is 51.2 Å². The van der Waals surface area contributed by atoms with Gasteiger partial charge in [0, 0.05) is 11.7 Å². The maximum Gasteiger partial charge on any atom is 0.253 e. The molecule has 0 aromatic heterocycles. The van der Waals surface area contributed by atoms with Crippen LogP contribution in [0, 0.1) is 0 Å². The number of hydrogen-bond donors (Lipinski definition) is 2.